The van der Waals surface area contributed by atoms with Crippen molar-refractivity contribution in [3.8, 4) is 17.6 Å². The van der Waals surface area contributed by atoms with E-state index in [1.165, 1.54) is 0 Å². The van der Waals surface area contributed by atoms with Gasteiger partial charge in [0.1, 0.15) is 17.3 Å². The third kappa shape index (κ3) is 4.14. The number of nitriles is 1. The number of rotatable bonds is 6. The van der Waals surface area contributed by atoms with Gasteiger partial charge in [-0.3, -0.25) is 9.79 Å². The second kappa shape index (κ2) is 9.36. The molecular weight excluding hydrogens is 414 g/mol. The molecule has 1 saturated carbocycles. The maximum absolute atomic E-state index is 13.8. The van der Waals surface area contributed by atoms with Crippen molar-refractivity contribution < 1.29 is 14.3 Å². The van der Waals surface area contributed by atoms with E-state index in [0.29, 0.717) is 17.1 Å². The number of hydrogen-bond donors (Lipinski definition) is 0. The first-order valence-electron chi connectivity index (χ1n) is 11.6. The Morgan fingerprint density at radius 3 is 2.48 bits per heavy atom. The minimum atomic E-state index is -0.948. The number of nitrogens with zero attached hydrogens (tertiary/aromatic N) is 3. The number of carbonyl (C=O) groups excluding carboxylic acids is 1. The van der Waals surface area contributed by atoms with Gasteiger partial charge >= 0.3 is 0 Å². The van der Waals surface area contributed by atoms with E-state index >= 15 is 0 Å². The standard InChI is InChI=1S/C27H31N3O3/c1-5-20-9-12-24(33-23-8-6-7-19(15-23)17-28)16-25(20)27(26(31)30(3)18(2)29-27)21-10-13-22(32-4)14-11-21/h6-9,12,15-16,21-22H,5,10-11,13-14H2,1-4H3. The average molecular weight is 446 g/mol. The second-order valence-corrected chi connectivity index (χ2v) is 8.91. The van der Waals surface area contributed by atoms with Crippen LogP contribution in [0.4, 0.5) is 0 Å². The van der Waals surface area contributed by atoms with Crippen molar-refractivity contribution in [2.24, 2.45) is 10.9 Å². The maximum atomic E-state index is 13.8. The van der Waals surface area contributed by atoms with Gasteiger partial charge in [0.05, 0.1) is 17.7 Å². The number of ether oxygens (including phenoxy) is 2. The number of aliphatic imine (C=N–C) groups is 1. The van der Waals surface area contributed by atoms with Gasteiger partial charge in [0, 0.05) is 14.2 Å². The Morgan fingerprint density at radius 1 is 1.15 bits per heavy atom. The molecule has 2 aromatic carbocycles. The number of methoxy groups -OCH3 is 1. The molecule has 172 valence electrons. The molecule has 1 amide bonds. The van der Waals surface area contributed by atoms with Crippen LogP contribution in [0, 0.1) is 17.2 Å². The Kier molecular flexibility index (Phi) is 6.53. The first-order chi connectivity index (χ1) is 15.9. The van der Waals surface area contributed by atoms with Crippen molar-refractivity contribution in [2.75, 3.05) is 14.2 Å². The highest BCUT2D eigenvalue weighted by Gasteiger charge is 2.54. The van der Waals surface area contributed by atoms with E-state index in [4.69, 9.17) is 14.5 Å². The van der Waals surface area contributed by atoms with Crippen molar-refractivity contribution in [1.82, 2.24) is 4.90 Å². The van der Waals surface area contributed by atoms with Gasteiger partial charge in [0.25, 0.3) is 5.91 Å². The zero-order chi connectivity index (χ0) is 23.6. The van der Waals surface area contributed by atoms with Gasteiger partial charge in [-0.25, -0.2) is 0 Å². The number of amides is 1. The lowest BCUT2D eigenvalue weighted by molar-refractivity contribution is -0.133. The van der Waals surface area contributed by atoms with E-state index in [1.54, 1.807) is 30.2 Å². The zero-order valence-electron chi connectivity index (χ0n) is 19.8. The Bertz CT molecular complexity index is 1110. The summed E-state index contributed by atoms with van der Waals surface area (Å²) in [6.45, 7) is 4.00. The summed E-state index contributed by atoms with van der Waals surface area (Å²) in [5.41, 5.74) is 1.62. The molecule has 1 aliphatic carbocycles. The molecule has 1 atom stereocenters. The van der Waals surface area contributed by atoms with Gasteiger partial charge < -0.3 is 14.4 Å². The summed E-state index contributed by atoms with van der Waals surface area (Å²) in [7, 11) is 3.57. The predicted molar refractivity (Wildman–Crippen MR) is 127 cm³/mol. The lowest BCUT2D eigenvalue weighted by Crippen LogP contribution is -2.46. The summed E-state index contributed by atoms with van der Waals surface area (Å²) in [4.78, 5) is 20.6. The molecule has 4 rings (SSSR count). The zero-order valence-corrected chi connectivity index (χ0v) is 19.8. The molecule has 1 unspecified atom stereocenters. The summed E-state index contributed by atoms with van der Waals surface area (Å²) in [6.07, 6.45) is 4.64. The number of likely N-dealkylation sites (N-methyl/N-ethyl adjacent to an activating group) is 1. The predicted octanol–water partition coefficient (Wildman–Crippen LogP) is 5.20. The SMILES string of the molecule is CCc1ccc(Oc2cccc(C#N)c2)cc1C1(C2CCC(OC)CC2)N=C(C)N(C)C1=O. The van der Waals surface area contributed by atoms with Crippen molar-refractivity contribution in [3.63, 3.8) is 0 Å². The molecule has 2 aliphatic rings. The first-order valence-corrected chi connectivity index (χ1v) is 11.6. The third-order valence-electron chi connectivity index (χ3n) is 7.12. The molecule has 0 bridgehead atoms. The minimum absolute atomic E-state index is 0.0270. The van der Waals surface area contributed by atoms with Gasteiger partial charge in [-0.15, -0.1) is 0 Å². The number of hydrogen-bond acceptors (Lipinski definition) is 5. The van der Waals surface area contributed by atoms with Gasteiger partial charge in [0.15, 0.2) is 5.54 Å². The van der Waals surface area contributed by atoms with Crippen LogP contribution in [0.3, 0.4) is 0 Å². The highest BCUT2D eigenvalue weighted by molar-refractivity contribution is 6.07. The monoisotopic (exact) mass is 445 g/mol. The van der Waals surface area contributed by atoms with Crippen LogP contribution in [-0.2, 0) is 21.5 Å². The molecule has 1 heterocycles. The van der Waals surface area contributed by atoms with E-state index in [0.717, 1.165) is 49.1 Å². The first kappa shape index (κ1) is 23.0. The Balaban J connectivity index is 1.79. The molecular formula is C27H31N3O3. The van der Waals surface area contributed by atoms with Crippen LogP contribution in [0.2, 0.25) is 0 Å². The fourth-order valence-corrected chi connectivity index (χ4v) is 5.21. The molecule has 0 radical (unpaired) electrons. The van der Waals surface area contributed by atoms with Gasteiger partial charge in [-0.1, -0.05) is 19.1 Å². The summed E-state index contributed by atoms with van der Waals surface area (Å²) in [5, 5.41) is 9.21. The van der Waals surface area contributed by atoms with Gasteiger partial charge in [-0.2, -0.15) is 5.26 Å². The van der Waals surface area contributed by atoms with Gasteiger partial charge in [-0.05, 0) is 86.4 Å². The van der Waals surface area contributed by atoms with Crippen LogP contribution in [0.5, 0.6) is 11.5 Å². The molecule has 0 spiro atoms. The number of aryl methyl sites for hydroxylation is 1. The van der Waals surface area contributed by atoms with Crippen LogP contribution in [-0.4, -0.2) is 36.9 Å². The molecule has 0 N–H and O–H groups in total. The third-order valence-corrected chi connectivity index (χ3v) is 7.12. The van der Waals surface area contributed by atoms with E-state index in [9.17, 15) is 10.1 Å². The van der Waals surface area contributed by atoms with Crippen LogP contribution < -0.4 is 4.74 Å². The van der Waals surface area contributed by atoms with Crippen LogP contribution in [0.1, 0.15) is 56.2 Å². The Morgan fingerprint density at radius 2 is 1.88 bits per heavy atom. The van der Waals surface area contributed by atoms with Crippen LogP contribution in [0.15, 0.2) is 47.5 Å². The fourth-order valence-electron chi connectivity index (χ4n) is 5.21. The normalized spacial score (nSPS) is 25.0. The Hall–Kier alpha value is -3.17. The summed E-state index contributed by atoms with van der Waals surface area (Å²) in [5.74, 6) is 2.09. The number of carbonyl (C=O) groups is 1. The number of benzene rings is 2. The quantitative estimate of drug-likeness (QED) is 0.612. The number of amidine groups is 1. The van der Waals surface area contributed by atoms with Crippen molar-refractivity contribution >= 4 is 11.7 Å². The largest absolute Gasteiger partial charge is 0.457 e. The second-order valence-electron chi connectivity index (χ2n) is 8.91. The van der Waals surface area contributed by atoms with E-state index in [1.807, 2.05) is 38.2 Å². The lowest BCUT2D eigenvalue weighted by Gasteiger charge is -2.39. The fraction of sp³-hybridized carbons (Fsp3) is 0.444. The highest BCUT2D eigenvalue weighted by Crippen LogP contribution is 2.48. The smallest absolute Gasteiger partial charge is 0.260 e. The molecule has 6 heteroatoms. The van der Waals surface area contributed by atoms with E-state index in [-0.39, 0.29) is 17.9 Å². The van der Waals surface area contributed by atoms with E-state index in [2.05, 4.69) is 13.0 Å². The molecule has 0 aromatic heterocycles. The molecule has 2 aromatic rings. The highest BCUT2D eigenvalue weighted by atomic mass is 16.5. The van der Waals surface area contributed by atoms with Gasteiger partial charge in [0.2, 0.25) is 0 Å². The van der Waals surface area contributed by atoms with Crippen LogP contribution >= 0.6 is 0 Å². The summed E-state index contributed by atoms with van der Waals surface area (Å²) >= 11 is 0. The van der Waals surface area contributed by atoms with Crippen molar-refractivity contribution in [1.29, 1.82) is 5.26 Å². The lowest BCUT2D eigenvalue weighted by atomic mass is 9.69. The average Bonchev–Trinajstić information content (AvgIpc) is 3.08. The summed E-state index contributed by atoms with van der Waals surface area (Å²) in [6, 6.07) is 15.2. The van der Waals surface area contributed by atoms with Crippen LogP contribution in [0.25, 0.3) is 0 Å². The molecule has 0 saturated heterocycles. The molecule has 1 fully saturated rings. The molecule has 6 nitrogen and oxygen atoms in total. The van der Waals surface area contributed by atoms with Crippen molar-refractivity contribution in [2.45, 2.75) is 57.6 Å². The Labute approximate surface area is 195 Å². The molecule has 33 heavy (non-hydrogen) atoms. The topological polar surface area (TPSA) is 74.9 Å². The van der Waals surface area contributed by atoms with E-state index < -0.39 is 5.54 Å². The maximum Gasteiger partial charge on any atom is 0.260 e. The minimum Gasteiger partial charge on any atom is -0.457 e. The molecule has 1 aliphatic heterocycles. The van der Waals surface area contributed by atoms with Crippen molar-refractivity contribution in [3.05, 3.63) is 59.2 Å². The summed E-state index contributed by atoms with van der Waals surface area (Å²) < 4.78 is 11.7.